The van der Waals surface area contributed by atoms with E-state index in [0.29, 0.717) is 19.4 Å². The van der Waals surface area contributed by atoms with Gasteiger partial charge >= 0.3 is 0 Å². The number of benzene rings is 1. The Morgan fingerprint density at radius 2 is 2.37 bits per heavy atom. The van der Waals surface area contributed by atoms with E-state index in [1.54, 1.807) is 6.33 Å². The zero-order valence-corrected chi connectivity index (χ0v) is 10.4. The predicted molar refractivity (Wildman–Crippen MR) is 69.8 cm³/mol. The summed E-state index contributed by atoms with van der Waals surface area (Å²) >= 11 is 0. The van der Waals surface area contributed by atoms with Gasteiger partial charge in [0.1, 0.15) is 5.41 Å². The smallest absolute Gasteiger partial charge is 0.240 e. The van der Waals surface area contributed by atoms with Crippen molar-refractivity contribution < 1.29 is 4.79 Å². The summed E-state index contributed by atoms with van der Waals surface area (Å²) < 4.78 is 0. The molecule has 0 radical (unpaired) electrons. The number of nitrogens with zero attached hydrogens (tertiary/aromatic N) is 2. The van der Waals surface area contributed by atoms with Crippen LogP contribution in [0, 0.1) is 16.7 Å². The van der Waals surface area contributed by atoms with Crippen LogP contribution >= 0.6 is 0 Å². The standard InChI is InChI=1S/C14H14N4O/c15-8-14(4-1-5-14)13(19)16-7-10-2-3-11-12(6-10)18-9-17-11/h2-3,6,9H,1,4-5,7H2,(H,16,19)(H,17,18). The molecule has 1 aliphatic rings. The number of hydrogen-bond acceptors (Lipinski definition) is 3. The molecule has 1 saturated carbocycles. The fourth-order valence-electron chi connectivity index (χ4n) is 2.36. The van der Waals surface area contributed by atoms with Gasteiger partial charge in [-0.1, -0.05) is 6.07 Å². The van der Waals surface area contributed by atoms with E-state index >= 15 is 0 Å². The quantitative estimate of drug-likeness (QED) is 0.877. The van der Waals surface area contributed by atoms with Crippen LogP contribution in [-0.4, -0.2) is 15.9 Å². The molecule has 1 aromatic heterocycles. The van der Waals surface area contributed by atoms with Crippen LogP contribution in [0.5, 0.6) is 0 Å². The number of amides is 1. The van der Waals surface area contributed by atoms with E-state index in [1.165, 1.54) is 0 Å². The van der Waals surface area contributed by atoms with Crippen molar-refractivity contribution >= 4 is 16.9 Å². The summed E-state index contributed by atoms with van der Waals surface area (Å²) in [4.78, 5) is 19.2. The van der Waals surface area contributed by atoms with Gasteiger partial charge in [0.25, 0.3) is 0 Å². The normalized spacial score (nSPS) is 16.6. The molecule has 1 aliphatic carbocycles. The highest BCUT2D eigenvalue weighted by atomic mass is 16.2. The van der Waals surface area contributed by atoms with E-state index < -0.39 is 5.41 Å². The minimum absolute atomic E-state index is 0.147. The molecule has 0 atom stereocenters. The third-order valence-corrected chi connectivity index (χ3v) is 3.79. The van der Waals surface area contributed by atoms with Gasteiger partial charge in [-0.05, 0) is 37.0 Å². The van der Waals surface area contributed by atoms with Gasteiger partial charge in [0.05, 0.1) is 23.4 Å². The van der Waals surface area contributed by atoms with Crippen LogP contribution in [0.15, 0.2) is 24.5 Å². The van der Waals surface area contributed by atoms with Crippen molar-refractivity contribution in [2.24, 2.45) is 5.41 Å². The number of aromatic nitrogens is 2. The van der Waals surface area contributed by atoms with Gasteiger partial charge in [0, 0.05) is 6.54 Å². The Morgan fingerprint density at radius 3 is 3.05 bits per heavy atom. The van der Waals surface area contributed by atoms with Gasteiger partial charge in [0.2, 0.25) is 5.91 Å². The molecule has 1 amide bonds. The Kier molecular flexibility index (Phi) is 2.71. The average Bonchev–Trinajstić information content (AvgIpc) is 2.83. The van der Waals surface area contributed by atoms with Crippen LogP contribution in [0.25, 0.3) is 11.0 Å². The first-order chi connectivity index (χ1) is 9.23. The third-order valence-electron chi connectivity index (χ3n) is 3.79. The van der Waals surface area contributed by atoms with Gasteiger partial charge in [-0.15, -0.1) is 0 Å². The fraction of sp³-hybridized carbons (Fsp3) is 0.357. The summed E-state index contributed by atoms with van der Waals surface area (Å²) in [6.07, 6.45) is 3.96. The number of imidazole rings is 1. The topological polar surface area (TPSA) is 81.6 Å². The molecule has 1 aromatic carbocycles. The molecule has 96 valence electrons. The fourth-order valence-corrected chi connectivity index (χ4v) is 2.36. The van der Waals surface area contributed by atoms with Crippen molar-refractivity contribution in [3.63, 3.8) is 0 Å². The molecule has 19 heavy (non-hydrogen) atoms. The van der Waals surface area contributed by atoms with Gasteiger partial charge < -0.3 is 10.3 Å². The molecule has 1 fully saturated rings. The summed E-state index contributed by atoms with van der Waals surface area (Å²) in [6, 6.07) is 7.96. The zero-order chi connectivity index (χ0) is 13.3. The highest BCUT2D eigenvalue weighted by molar-refractivity contribution is 5.86. The molecule has 1 heterocycles. The Labute approximate surface area is 110 Å². The second kappa shape index (κ2) is 4.39. The van der Waals surface area contributed by atoms with E-state index in [9.17, 15) is 4.79 Å². The molecule has 5 heteroatoms. The Balaban J connectivity index is 1.69. The van der Waals surface area contributed by atoms with Gasteiger partial charge in [-0.3, -0.25) is 4.79 Å². The molecule has 0 saturated heterocycles. The van der Waals surface area contributed by atoms with Crippen LogP contribution in [0.3, 0.4) is 0 Å². The molecule has 0 aliphatic heterocycles. The largest absolute Gasteiger partial charge is 0.351 e. The SMILES string of the molecule is N#CC1(C(=O)NCc2ccc3nc[nH]c3c2)CCC1. The van der Waals surface area contributed by atoms with Crippen molar-refractivity contribution in [1.82, 2.24) is 15.3 Å². The van der Waals surface area contributed by atoms with E-state index in [1.807, 2.05) is 18.2 Å². The lowest BCUT2D eigenvalue weighted by atomic mass is 9.69. The lowest BCUT2D eigenvalue weighted by Gasteiger charge is -2.33. The average molecular weight is 254 g/mol. The second-order valence-electron chi connectivity index (χ2n) is 4.98. The summed E-state index contributed by atoms with van der Waals surface area (Å²) in [5.74, 6) is -0.147. The first-order valence-corrected chi connectivity index (χ1v) is 6.35. The zero-order valence-electron chi connectivity index (χ0n) is 10.4. The maximum Gasteiger partial charge on any atom is 0.240 e. The van der Waals surface area contributed by atoms with Crippen LogP contribution in [0.4, 0.5) is 0 Å². The lowest BCUT2D eigenvalue weighted by molar-refractivity contribution is -0.131. The first-order valence-electron chi connectivity index (χ1n) is 6.35. The number of carbonyl (C=O) groups is 1. The van der Waals surface area contributed by atoms with Crippen molar-refractivity contribution in [2.45, 2.75) is 25.8 Å². The number of hydrogen-bond donors (Lipinski definition) is 2. The van der Waals surface area contributed by atoms with Crippen molar-refractivity contribution in [2.75, 3.05) is 0 Å². The Hall–Kier alpha value is -2.35. The van der Waals surface area contributed by atoms with Gasteiger partial charge in [-0.25, -0.2) is 4.98 Å². The van der Waals surface area contributed by atoms with E-state index in [0.717, 1.165) is 23.0 Å². The number of fused-ring (bicyclic) bond motifs is 1. The molecule has 2 aromatic rings. The second-order valence-corrected chi connectivity index (χ2v) is 4.98. The summed E-state index contributed by atoms with van der Waals surface area (Å²) in [7, 11) is 0. The number of H-pyrrole nitrogens is 1. The molecular formula is C14H14N4O. The van der Waals surface area contributed by atoms with Crippen LogP contribution in [0.1, 0.15) is 24.8 Å². The monoisotopic (exact) mass is 254 g/mol. The Morgan fingerprint density at radius 1 is 1.53 bits per heavy atom. The number of rotatable bonds is 3. The molecule has 0 unspecified atom stereocenters. The minimum Gasteiger partial charge on any atom is -0.351 e. The maximum atomic E-state index is 12.0. The summed E-state index contributed by atoms with van der Waals surface area (Å²) in [6.45, 7) is 0.442. The first kappa shape index (κ1) is 11.7. The molecule has 5 nitrogen and oxygen atoms in total. The summed E-state index contributed by atoms with van der Waals surface area (Å²) in [5.41, 5.74) is 2.07. The number of nitrogens with one attached hydrogen (secondary N) is 2. The molecule has 0 spiro atoms. The van der Waals surface area contributed by atoms with E-state index in [-0.39, 0.29) is 5.91 Å². The van der Waals surface area contributed by atoms with Crippen molar-refractivity contribution in [3.05, 3.63) is 30.1 Å². The molecule has 2 N–H and O–H groups in total. The minimum atomic E-state index is -0.780. The highest BCUT2D eigenvalue weighted by Crippen LogP contribution is 2.40. The van der Waals surface area contributed by atoms with Crippen molar-refractivity contribution in [1.29, 1.82) is 5.26 Å². The number of carbonyl (C=O) groups excluding carboxylic acids is 1. The van der Waals surface area contributed by atoms with Crippen LogP contribution in [0.2, 0.25) is 0 Å². The Bertz CT molecular complexity index is 663. The predicted octanol–water partition coefficient (Wildman–Crippen LogP) is 1.87. The summed E-state index contributed by atoms with van der Waals surface area (Å²) in [5, 5.41) is 11.9. The van der Waals surface area contributed by atoms with Gasteiger partial charge in [-0.2, -0.15) is 5.26 Å². The lowest BCUT2D eigenvalue weighted by Crippen LogP contribution is -2.44. The van der Waals surface area contributed by atoms with E-state index in [2.05, 4.69) is 21.4 Å². The number of aromatic amines is 1. The third kappa shape index (κ3) is 1.95. The molecular weight excluding hydrogens is 240 g/mol. The molecule has 0 bridgehead atoms. The molecule has 3 rings (SSSR count). The maximum absolute atomic E-state index is 12.0. The highest BCUT2D eigenvalue weighted by Gasteiger charge is 2.44. The van der Waals surface area contributed by atoms with Crippen LogP contribution in [-0.2, 0) is 11.3 Å². The van der Waals surface area contributed by atoms with Gasteiger partial charge in [0.15, 0.2) is 0 Å². The number of nitriles is 1. The van der Waals surface area contributed by atoms with Crippen LogP contribution < -0.4 is 5.32 Å². The van der Waals surface area contributed by atoms with Crippen molar-refractivity contribution in [3.8, 4) is 6.07 Å². The van der Waals surface area contributed by atoms with E-state index in [4.69, 9.17) is 5.26 Å².